The summed E-state index contributed by atoms with van der Waals surface area (Å²) < 4.78 is 12.7. The Morgan fingerprint density at radius 2 is 2.07 bits per heavy atom. The molecule has 1 aliphatic rings. The van der Waals surface area contributed by atoms with E-state index in [2.05, 4.69) is 5.32 Å². The second kappa shape index (κ2) is 7.60. The minimum Gasteiger partial charge on any atom is -0.493 e. The van der Waals surface area contributed by atoms with Gasteiger partial charge in [0, 0.05) is 28.4 Å². The summed E-state index contributed by atoms with van der Waals surface area (Å²) in [6, 6.07) is 7.33. The van der Waals surface area contributed by atoms with Crippen LogP contribution in [0.15, 0.2) is 29.1 Å². The molecule has 0 fully saturated rings. The van der Waals surface area contributed by atoms with Crippen LogP contribution in [0, 0.1) is 0 Å². The van der Waals surface area contributed by atoms with Crippen molar-refractivity contribution in [2.45, 2.75) is 39.2 Å². The Labute approximate surface area is 161 Å². The van der Waals surface area contributed by atoms with Gasteiger partial charge in [-0.3, -0.25) is 9.20 Å². The van der Waals surface area contributed by atoms with Crippen molar-refractivity contribution < 1.29 is 9.47 Å². The summed E-state index contributed by atoms with van der Waals surface area (Å²) in [7, 11) is 1.62. The van der Waals surface area contributed by atoms with E-state index in [1.54, 1.807) is 28.9 Å². The average molecular weight is 385 g/mol. The van der Waals surface area contributed by atoms with Crippen molar-refractivity contribution in [1.82, 2.24) is 9.38 Å². The number of nitrogens with zero attached hydrogens (tertiary/aromatic N) is 2. The minimum absolute atomic E-state index is 0.0143. The monoisotopic (exact) mass is 385 g/mol. The summed E-state index contributed by atoms with van der Waals surface area (Å²) in [6.45, 7) is 3.00. The molecule has 4 rings (SSSR count). The lowest BCUT2D eigenvalue weighted by atomic mass is 10.0. The van der Waals surface area contributed by atoms with Crippen LogP contribution in [0.4, 0.5) is 5.69 Å². The smallest absolute Gasteiger partial charge is 0.259 e. The van der Waals surface area contributed by atoms with Crippen molar-refractivity contribution in [3.63, 3.8) is 0 Å². The third-order valence-electron chi connectivity index (χ3n) is 4.75. The third-order valence-corrected chi connectivity index (χ3v) is 5.89. The van der Waals surface area contributed by atoms with Gasteiger partial charge in [0.1, 0.15) is 0 Å². The molecule has 27 heavy (non-hydrogen) atoms. The van der Waals surface area contributed by atoms with E-state index in [1.807, 2.05) is 25.1 Å². The Kier molecular flexibility index (Phi) is 5.03. The van der Waals surface area contributed by atoms with Gasteiger partial charge in [-0.25, -0.2) is 4.98 Å². The van der Waals surface area contributed by atoms with Crippen LogP contribution in [-0.2, 0) is 19.4 Å². The van der Waals surface area contributed by atoms with E-state index >= 15 is 0 Å². The minimum atomic E-state index is 0.0143. The summed E-state index contributed by atoms with van der Waals surface area (Å²) in [6.07, 6.45) is 4.37. The lowest BCUT2D eigenvalue weighted by molar-refractivity contribution is 0.311. The van der Waals surface area contributed by atoms with Gasteiger partial charge in [0.15, 0.2) is 16.5 Å². The Balaban J connectivity index is 1.56. The summed E-state index contributed by atoms with van der Waals surface area (Å²) >= 11 is 1.65. The first-order valence-corrected chi connectivity index (χ1v) is 10.1. The number of hydrogen-bond donors (Lipinski definition) is 1. The molecule has 0 bridgehead atoms. The molecule has 0 unspecified atom stereocenters. The zero-order chi connectivity index (χ0) is 18.8. The number of hydrogen-bond acceptors (Lipinski definition) is 6. The van der Waals surface area contributed by atoms with Crippen LogP contribution in [0.25, 0.3) is 4.96 Å². The fraction of sp³-hybridized carbons (Fsp3) is 0.400. The highest BCUT2D eigenvalue weighted by atomic mass is 32.1. The van der Waals surface area contributed by atoms with Gasteiger partial charge in [-0.1, -0.05) is 0 Å². The molecule has 1 N–H and O–H groups in total. The van der Waals surface area contributed by atoms with Crippen molar-refractivity contribution in [3.8, 4) is 11.5 Å². The normalized spacial score (nSPS) is 13.4. The molecule has 0 saturated carbocycles. The molecule has 2 aromatic heterocycles. The molecule has 1 aromatic carbocycles. The fourth-order valence-corrected chi connectivity index (χ4v) is 4.71. The maximum absolute atomic E-state index is 12.6. The van der Waals surface area contributed by atoms with Crippen LogP contribution in [0.3, 0.4) is 0 Å². The first-order valence-electron chi connectivity index (χ1n) is 9.27. The number of anilines is 1. The molecule has 0 aliphatic heterocycles. The van der Waals surface area contributed by atoms with Gasteiger partial charge in [0.05, 0.1) is 26.0 Å². The van der Waals surface area contributed by atoms with Gasteiger partial charge in [-0.15, -0.1) is 11.3 Å². The van der Waals surface area contributed by atoms with Crippen molar-refractivity contribution in [2.75, 3.05) is 19.0 Å². The van der Waals surface area contributed by atoms with Crippen LogP contribution in [-0.4, -0.2) is 23.1 Å². The highest BCUT2D eigenvalue weighted by Crippen LogP contribution is 2.31. The first-order chi connectivity index (χ1) is 13.2. The molecule has 6 nitrogen and oxygen atoms in total. The van der Waals surface area contributed by atoms with Gasteiger partial charge in [-0.2, -0.15) is 0 Å². The quantitative estimate of drug-likeness (QED) is 0.702. The van der Waals surface area contributed by atoms with Crippen molar-refractivity contribution in [2.24, 2.45) is 0 Å². The number of thiazole rings is 1. The first kappa shape index (κ1) is 17.9. The number of methoxy groups -OCH3 is 1. The van der Waals surface area contributed by atoms with Crippen molar-refractivity contribution >= 4 is 22.0 Å². The lowest BCUT2D eigenvalue weighted by Crippen LogP contribution is -2.18. The zero-order valence-corrected chi connectivity index (χ0v) is 16.4. The second-order valence-corrected chi connectivity index (χ2v) is 7.60. The molecule has 0 spiro atoms. The van der Waals surface area contributed by atoms with Gasteiger partial charge in [-0.05, 0) is 44.7 Å². The highest BCUT2D eigenvalue weighted by Gasteiger charge is 2.18. The van der Waals surface area contributed by atoms with Crippen LogP contribution < -0.4 is 20.3 Å². The van der Waals surface area contributed by atoms with E-state index in [4.69, 9.17) is 14.5 Å². The number of aromatic nitrogens is 2. The topological polar surface area (TPSA) is 64.9 Å². The maximum Gasteiger partial charge on any atom is 0.259 e. The Bertz CT molecular complexity index is 1030. The maximum atomic E-state index is 12.6. The molecular formula is C20H23N3O3S. The predicted octanol–water partition coefficient (Wildman–Crippen LogP) is 3.65. The Hall–Kier alpha value is -2.54. The molecule has 3 aromatic rings. The fourth-order valence-electron chi connectivity index (χ4n) is 3.48. The lowest BCUT2D eigenvalue weighted by Gasteiger charge is -2.12. The number of aryl methyl sites for hydroxylation is 2. The van der Waals surface area contributed by atoms with E-state index < -0.39 is 0 Å². The SMILES string of the molecule is CCOc1ccc(NCc2cc(=O)n3c4c(sc3n2)CCCC4)cc1OC. The highest BCUT2D eigenvalue weighted by molar-refractivity contribution is 7.17. The predicted molar refractivity (Wildman–Crippen MR) is 107 cm³/mol. The van der Waals surface area contributed by atoms with Gasteiger partial charge >= 0.3 is 0 Å². The number of benzene rings is 1. The van der Waals surface area contributed by atoms with Crippen LogP contribution in [0.5, 0.6) is 11.5 Å². The molecule has 0 saturated heterocycles. The Morgan fingerprint density at radius 3 is 2.89 bits per heavy atom. The largest absolute Gasteiger partial charge is 0.493 e. The number of rotatable bonds is 6. The summed E-state index contributed by atoms with van der Waals surface area (Å²) in [5, 5.41) is 3.32. The summed E-state index contributed by atoms with van der Waals surface area (Å²) in [4.78, 5) is 19.4. The molecule has 0 radical (unpaired) electrons. The third kappa shape index (κ3) is 3.51. The van der Waals surface area contributed by atoms with E-state index in [-0.39, 0.29) is 5.56 Å². The molecule has 1 aliphatic carbocycles. The van der Waals surface area contributed by atoms with Crippen molar-refractivity contribution in [1.29, 1.82) is 0 Å². The second-order valence-electron chi connectivity index (χ2n) is 6.53. The summed E-state index contributed by atoms with van der Waals surface area (Å²) in [5.41, 5.74) is 2.81. The average Bonchev–Trinajstić information content (AvgIpc) is 3.06. The van der Waals surface area contributed by atoms with Gasteiger partial charge in [0.25, 0.3) is 5.56 Å². The number of ether oxygens (including phenoxy) is 2. The van der Waals surface area contributed by atoms with Gasteiger partial charge in [0.2, 0.25) is 0 Å². The molecular weight excluding hydrogens is 362 g/mol. The van der Waals surface area contributed by atoms with E-state index in [0.29, 0.717) is 24.7 Å². The van der Waals surface area contributed by atoms with E-state index in [1.165, 1.54) is 11.3 Å². The zero-order valence-electron chi connectivity index (χ0n) is 15.6. The van der Waals surface area contributed by atoms with Gasteiger partial charge < -0.3 is 14.8 Å². The molecule has 0 amide bonds. The van der Waals surface area contributed by atoms with Crippen molar-refractivity contribution in [3.05, 3.63) is 50.9 Å². The summed E-state index contributed by atoms with van der Waals surface area (Å²) in [5.74, 6) is 1.39. The molecule has 0 atom stereocenters. The number of nitrogens with one attached hydrogen (secondary N) is 1. The van der Waals surface area contributed by atoms with Crippen LogP contribution in [0.2, 0.25) is 0 Å². The molecule has 7 heteroatoms. The van der Waals surface area contributed by atoms with Crippen LogP contribution >= 0.6 is 11.3 Å². The molecule has 142 valence electrons. The van der Waals surface area contributed by atoms with Crippen LogP contribution in [0.1, 0.15) is 36.0 Å². The molecule has 2 heterocycles. The van der Waals surface area contributed by atoms with E-state index in [9.17, 15) is 4.79 Å². The Morgan fingerprint density at radius 1 is 1.22 bits per heavy atom. The standard InChI is InChI=1S/C20H23N3O3S/c1-3-26-16-9-8-13(10-17(16)25-2)21-12-14-11-19(24)23-15-6-4-5-7-18(15)27-20(23)22-14/h8-11,21H,3-7,12H2,1-2H3. The number of fused-ring (bicyclic) bond motifs is 3. The van der Waals surface area contributed by atoms with E-state index in [0.717, 1.165) is 41.3 Å².